The third-order valence-electron chi connectivity index (χ3n) is 4.45. The van der Waals surface area contributed by atoms with Crippen molar-refractivity contribution >= 4 is 28.8 Å². The van der Waals surface area contributed by atoms with Crippen LogP contribution in [-0.4, -0.2) is 30.8 Å². The number of halogens is 1. The number of aromatic nitrogens is 2. The van der Waals surface area contributed by atoms with Crippen molar-refractivity contribution in [3.63, 3.8) is 0 Å². The van der Waals surface area contributed by atoms with Crippen LogP contribution < -0.4 is 30.6 Å². The predicted molar refractivity (Wildman–Crippen MR) is 112 cm³/mol. The van der Waals surface area contributed by atoms with Gasteiger partial charge in [-0.05, 0) is 24.3 Å². The summed E-state index contributed by atoms with van der Waals surface area (Å²) in [6.07, 6.45) is 2.88. The highest BCUT2D eigenvalue weighted by atomic mass is 19.1. The fourth-order valence-corrected chi connectivity index (χ4v) is 2.95. The first-order valence-electron chi connectivity index (χ1n) is 9.08. The van der Waals surface area contributed by atoms with Gasteiger partial charge in [0.15, 0.2) is 11.6 Å². The second-order valence-corrected chi connectivity index (χ2v) is 6.42. The number of methoxy groups -OCH3 is 2. The van der Waals surface area contributed by atoms with Gasteiger partial charge in [0.1, 0.15) is 23.9 Å². The number of fused-ring (bicyclic) bond motifs is 1. The molecule has 0 aliphatic carbocycles. The number of hydrogen-bond acceptors (Lipinski definition) is 8. The van der Waals surface area contributed by atoms with Crippen molar-refractivity contribution in [1.29, 1.82) is 0 Å². The summed E-state index contributed by atoms with van der Waals surface area (Å²) in [5, 5.41) is 5.99. The second-order valence-electron chi connectivity index (χ2n) is 6.42. The summed E-state index contributed by atoms with van der Waals surface area (Å²) in [7, 11) is 3.08. The smallest absolute Gasteiger partial charge is 0.229 e. The maximum atomic E-state index is 14.3. The minimum Gasteiger partial charge on any atom is -0.497 e. The van der Waals surface area contributed by atoms with Gasteiger partial charge in [0.2, 0.25) is 5.95 Å². The van der Waals surface area contributed by atoms with E-state index in [1.807, 2.05) is 18.2 Å². The van der Waals surface area contributed by atoms with Gasteiger partial charge < -0.3 is 30.6 Å². The summed E-state index contributed by atoms with van der Waals surface area (Å²) in [6.45, 7) is 0.441. The third-order valence-corrected chi connectivity index (χ3v) is 4.45. The quantitative estimate of drug-likeness (QED) is 0.565. The number of anilines is 4. The van der Waals surface area contributed by atoms with E-state index in [2.05, 4.69) is 20.6 Å². The first kappa shape index (κ1) is 19.3. The molecule has 4 rings (SSSR count). The van der Waals surface area contributed by atoms with Crippen molar-refractivity contribution in [1.82, 2.24) is 9.97 Å². The Balaban J connectivity index is 1.59. The van der Waals surface area contributed by atoms with Gasteiger partial charge in [-0.1, -0.05) is 0 Å². The number of nitrogens with zero attached hydrogens (tertiary/aromatic N) is 2. The fourth-order valence-electron chi connectivity index (χ4n) is 2.95. The van der Waals surface area contributed by atoms with Gasteiger partial charge in [-0.2, -0.15) is 4.98 Å². The number of nitrogens with one attached hydrogen (secondary N) is 2. The average Bonchev–Trinajstić information content (AvgIpc) is 2.76. The molecule has 0 bridgehead atoms. The molecule has 4 N–H and O–H groups in total. The zero-order valence-electron chi connectivity index (χ0n) is 16.4. The van der Waals surface area contributed by atoms with Gasteiger partial charge in [0.05, 0.1) is 20.4 Å². The number of ether oxygens (including phenoxy) is 3. The zero-order chi connectivity index (χ0) is 21.1. The van der Waals surface area contributed by atoms with Crippen LogP contribution in [0, 0.1) is 5.82 Å². The van der Waals surface area contributed by atoms with E-state index in [0.717, 1.165) is 11.8 Å². The molecule has 8 nitrogen and oxygen atoms in total. The lowest BCUT2D eigenvalue weighted by Gasteiger charge is -2.17. The Kier molecular flexibility index (Phi) is 5.25. The molecule has 0 radical (unpaired) electrons. The van der Waals surface area contributed by atoms with Crippen molar-refractivity contribution in [2.45, 2.75) is 0 Å². The van der Waals surface area contributed by atoms with Crippen LogP contribution in [0.25, 0.3) is 5.70 Å². The van der Waals surface area contributed by atoms with Gasteiger partial charge in [0, 0.05) is 40.8 Å². The summed E-state index contributed by atoms with van der Waals surface area (Å²) in [5.74, 6) is 1.44. The van der Waals surface area contributed by atoms with Crippen LogP contribution in [0.5, 0.6) is 17.2 Å². The van der Waals surface area contributed by atoms with E-state index in [-0.39, 0.29) is 11.8 Å². The van der Waals surface area contributed by atoms with Gasteiger partial charge in [-0.15, -0.1) is 0 Å². The highest BCUT2D eigenvalue weighted by Gasteiger charge is 2.14. The summed E-state index contributed by atoms with van der Waals surface area (Å²) >= 11 is 0. The fraction of sp³-hybridized carbons (Fsp3) is 0.143. The SMILES string of the molecule is COc1cc(Nc2nc(Nc3ccc4c(c3)C(N)=CCO4)ncc2F)cc(OC)c1. The summed E-state index contributed by atoms with van der Waals surface area (Å²) in [6, 6.07) is 10.6. The van der Waals surface area contributed by atoms with Crippen LogP contribution in [-0.2, 0) is 0 Å². The third kappa shape index (κ3) is 4.04. The van der Waals surface area contributed by atoms with Gasteiger partial charge >= 0.3 is 0 Å². The Morgan fingerprint density at radius 2 is 1.80 bits per heavy atom. The van der Waals surface area contributed by atoms with Gasteiger partial charge in [0.25, 0.3) is 0 Å². The van der Waals surface area contributed by atoms with Gasteiger partial charge in [-0.3, -0.25) is 0 Å². The highest BCUT2D eigenvalue weighted by Crippen LogP contribution is 2.31. The second kappa shape index (κ2) is 8.16. The molecule has 0 saturated carbocycles. The summed E-state index contributed by atoms with van der Waals surface area (Å²) in [5.41, 5.74) is 8.68. The lowest BCUT2D eigenvalue weighted by Crippen LogP contribution is -2.10. The Hall–Kier alpha value is -4.01. The normalized spacial score (nSPS) is 12.3. The molecule has 1 aromatic heterocycles. The first-order valence-corrected chi connectivity index (χ1v) is 9.08. The molecule has 154 valence electrons. The van der Waals surface area contributed by atoms with Crippen molar-refractivity contribution in [2.24, 2.45) is 5.73 Å². The lowest BCUT2D eigenvalue weighted by atomic mass is 10.1. The van der Waals surface area contributed by atoms with E-state index in [1.54, 1.807) is 24.3 Å². The van der Waals surface area contributed by atoms with Gasteiger partial charge in [-0.25, -0.2) is 9.37 Å². The van der Waals surface area contributed by atoms with Crippen LogP contribution in [0.3, 0.4) is 0 Å². The molecular weight excluding hydrogens is 389 g/mol. The average molecular weight is 409 g/mol. The van der Waals surface area contributed by atoms with Crippen molar-refractivity contribution in [3.05, 3.63) is 60.1 Å². The molecule has 0 atom stereocenters. The molecule has 1 aliphatic rings. The number of hydrogen-bond donors (Lipinski definition) is 3. The Labute approximate surface area is 172 Å². The molecular formula is C21H20FN5O3. The first-order chi connectivity index (χ1) is 14.6. The monoisotopic (exact) mass is 409 g/mol. The van der Waals surface area contributed by atoms with Crippen LogP contribution in [0.4, 0.5) is 27.5 Å². The van der Waals surface area contributed by atoms with E-state index in [0.29, 0.717) is 40.9 Å². The maximum absolute atomic E-state index is 14.3. The van der Waals surface area contributed by atoms with Crippen LogP contribution >= 0.6 is 0 Å². The standard InChI is InChI=1S/C21H20FN5O3/c1-28-14-7-13(8-15(10-14)29-2)25-20-17(22)11-24-21(27-20)26-12-3-4-19-16(9-12)18(23)5-6-30-19/h3-5,7-11H,6,23H2,1-2H3,(H2,24,25,26,27). The maximum Gasteiger partial charge on any atom is 0.229 e. The minimum atomic E-state index is -0.603. The van der Waals surface area contributed by atoms with E-state index < -0.39 is 5.82 Å². The Morgan fingerprint density at radius 1 is 1.03 bits per heavy atom. The molecule has 1 aliphatic heterocycles. The van der Waals surface area contributed by atoms with Crippen LogP contribution in [0.2, 0.25) is 0 Å². The molecule has 9 heteroatoms. The topological polar surface area (TPSA) is 104 Å². The number of rotatable bonds is 6. The van der Waals surface area contributed by atoms with E-state index >= 15 is 0 Å². The summed E-state index contributed by atoms with van der Waals surface area (Å²) < 4.78 is 30.3. The summed E-state index contributed by atoms with van der Waals surface area (Å²) in [4.78, 5) is 8.25. The lowest BCUT2D eigenvalue weighted by molar-refractivity contribution is 0.357. The van der Waals surface area contributed by atoms with Crippen LogP contribution in [0.15, 0.2) is 48.7 Å². The molecule has 2 aromatic carbocycles. The molecule has 3 aromatic rings. The van der Waals surface area contributed by atoms with Crippen molar-refractivity contribution in [3.8, 4) is 17.2 Å². The van der Waals surface area contributed by atoms with Crippen molar-refractivity contribution in [2.75, 3.05) is 31.5 Å². The van der Waals surface area contributed by atoms with E-state index in [4.69, 9.17) is 19.9 Å². The van der Waals surface area contributed by atoms with E-state index in [1.165, 1.54) is 14.2 Å². The minimum absolute atomic E-state index is 0.00325. The van der Waals surface area contributed by atoms with E-state index in [9.17, 15) is 4.39 Å². The van der Waals surface area contributed by atoms with Crippen molar-refractivity contribution < 1.29 is 18.6 Å². The Bertz CT molecular complexity index is 1100. The van der Waals surface area contributed by atoms with Crippen LogP contribution in [0.1, 0.15) is 5.56 Å². The predicted octanol–water partition coefficient (Wildman–Crippen LogP) is 3.81. The molecule has 30 heavy (non-hydrogen) atoms. The molecule has 0 unspecified atom stereocenters. The molecule has 2 heterocycles. The Morgan fingerprint density at radius 3 is 2.53 bits per heavy atom. The number of benzene rings is 2. The molecule has 0 spiro atoms. The number of nitrogens with two attached hydrogens (primary N) is 1. The molecule has 0 amide bonds. The molecule has 0 saturated heterocycles. The highest BCUT2D eigenvalue weighted by molar-refractivity contribution is 5.74. The molecule has 0 fully saturated rings. The zero-order valence-corrected chi connectivity index (χ0v) is 16.4. The largest absolute Gasteiger partial charge is 0.497 e.